The summed E-state index contributed by atoms with van der Waals surface area (Å²) in [6.07, 6.45) is 2.68. The molecule has 2 aromatic carbocycles. The molecule has 28 heavy (non-hydrogen) atoms. The second-order valence-corrected chi connectivity index (χ2v) is 7.54. The van der Waals surface area contributed by atoms with E-state index in [2.05, 4.69) is 71.1 Å². The van der Waals surface area contributed by atoms with E-state index in [0.29, 0.717) is 17.5 Å². The van der Waals surface area contributed by atoms with E-state index < -0.39 is 0 Å². The Balaban J connectivity index is 1.77. The first-order valence-electron chi connectivity index (χ1n) is 9.31. The van der Waals surface area contributed by atoms with Crippen LogP contribution in [-0.2, 0) is 12.2 Å². The van der Waals surface area contributed by atoms with Gasteiger partial charge < -0.3 is 4.42 Å². The van der Waals surface area contributed by atoms with Crippen molar-refractivity contribution in [3.63, 3.8) is 0 Å². The zero-order chi connectivity index (χ0) is 19.5. The summed E-state index contributed by atoms with van der Waals surface area (Å²) in [4.78, 5) is 4.73. The molecule has 2 heterocycles. The van der Waals surface area contributed by atoms with E-state index in [0.717, 1.165) is 22.8 Å². The highest BCUT2D eigenvalue weighted by Gasteiger charge is 2.18. The summed E-state index contributed by atoms with van der Waals surface area (Å²) in [7, 11) is 0. The number of hydrogen-bond acceptors (Lipinski definition) is 5. The van der Waals surface area contributed by atoms with Gasteiger partial charge in [-0.05, 0) is 25.0 Å². The first kappa shape index (κ1) is 18.5. The lowest BCUT2D eigenvalue weighted by Crippen LogP contribution is -2.04. The van der Waals surface area contributed by atoms with Gasteiger partial charge in [-0.1, -0.05) is 67.2 Å². The van der Waals surface area contributed by atoms with Crippen LogP contribution in [0, 0.1) is 13.8 Å². The van der Waals surface area contributed by atoms with Crippen molar-refractivity contribution in [3.8, 4) is 16.9 Å². The van der Waals surface area contributed by atoms with Crippen LogP contribution in [0.2, 0.25) is 0 Å². The van der Waals surface area contributed by atoms with Crippen LogP contribution in [0.15, 0.2) is 64.3 Å². The smallest absolute Gasteiger partial charge is 0.226 e. The van der Waals surface area contributed by atoms with E-state index in [1.54, 1.807) is 11.8 Å². The molecule has 0 aliphatic rings. The number of nitrogens with zero attached hydrogens (tertiary/aromatic N) is 4. The molecule has 4 rings (SSSR count). The fourth-order valence-electron chi connectivity index (χ4n) is 3.24. The Labute approximate surface area is 168 Å². The minimum atomic E-state index is 0.586. The lowest BCUT2D eigenvalue weighted by Gasteiger charge is -2.16. The Morgan fingerprint density at radius 3 is 2.32 bits per heavy atom. The van der Waals surface area contributed by atoms with Gasteiger partial charge in [0, 0.05) is 12.0 Å². The molecule has 4 aromatic rings. The zero-order valence-electron chi connectivity index (χ0n) is 16.2. The van der Waals surface area contributed by atoms with Crippen LogP contribution in [0.25, 0.3) is 16.9 Å². The fourth-order valence-corrected chi connectivity index (χ4v) is 4.05. The molecule has 0 aliphatic carbocycles. The van der Waals surface area contributed by atoms with Crippen molar-refractivity contribution in [3.05, 3.63) is 77.6 Å². The van der Waals surface area contributed by atoms with Crippen LogP contribution >= 0.6 is 11.8 Å². The summed E-state index contributed by atoms with van der Waals surface area (Å²) in [6.45, 7) is 6.28. The number of aromatic nitrogens is 4. The quantitative estimate of drug-likeness (QED) is 0.413. The van der Waals surface area contributed by atoms with E-state index in [9.17, 15) is 0 Å². The van der Waals surface area contributed by atoms with Crippen molar-refractivity contribution in [1.29, 1.82) is 0 Å². The maximum atomic E-state index is 5.66. The molecule has 0 fully saturated rings. The number of imidazole rings is 1. The Hall–Kier alpha value is -2.86. The van der Waals surface area contributed by atoms with Crippen molar-refractivity contribution in [1.82, 2.24) is 19.7 Å². The standard InChI is InChI=1S/C22H22N4OS/c1-4-19-24-25-20(27-19)14-28-22-23-13-18(17-11-6-5-7-12-17)26(22)21-15(2)9-8-10-16(21)3/h5-13H,4,14H2,1-3H3. The highest BCUT2D eigenvalue weighted by atomic mass is 32.2. The molecule has 6 heteroatoms. The molecule has 142 valence electrons. The van der Waals surface area contributed by atoms with Crippen molar-refractivity contribution >= 4 is 11.8 Å². The van der Waals surface area contributed by atoms with Crippen molar-refractivity contribution in [2.45, 2.75) is 38.1 Å². The average molecular weight is 391 g/mol. The topological polar surface area (TPSA) is 56.7 Å². The summed E-state index contributed by atoms with van der Waals surface area (Å²) in [5.74, 6) is 1.88. The van der Waals surface area contributed by atoms with Gasteiger partial charge in [-0.2, -0.15) is 0 Å². The number of thioether (sulfide) groups is 1. The van der Waals surface area contributed by atoms with Crippen LogP contribution < -0.4 is 0 Å². The Bertz CT molecular complexity index is 1060. The lowest BCUT2D eigenvalue weighted by atomic mass is 10.1. The third kappa shape index (κ3) is 3.60. The van der Waals surface area contributed by atoms with Gasteiger partial charge in [0.1, 0.15) is 0 Å². The van der Waals surface area contributed by atoms with Crippen molar-refractivity contribution in [2.75, 3.05) is 0 Å². The Morgan fingerprint density at radius 1 is 0.929 bits per heavy atom. The lowest BCUT2D eigenvalue weighted by molar-refractivity contribution is 0.470. The summed E-state index contributed by atoms with van der Waals surface area (Å²) >= 11 is 1.61. The predicted octanol–water partition coefficient (Wildman–Crippen LogP) is 5.39. The predicted molar refractivity (Wildman–Crippen MR) is 112 cm³/mol. The van der Waals surface area contributed by atoms with Gasteiger partial charge >= 0.3 is 0 Å². The third-order valence-electron chi connectivity index (χ3n) is 4.60. The van der Waals surface area contributed by atoms with E-state index in [-0.39, 0.29) is 0 Å². The first-order valence-corrected chi connectivity index (χ1v) is 10.3. The van der Waals surface area contributed by atoms with Gasteiger partial charge in [-0.25, -0.2) is 4.98 Å². The molecule has 0 unspecified atom stereocenters. The van der Waals surface area contributed by atoms with Gasteiger partial charge in [0.25, 0.3) is 0 Å². The number of aryl methyl sites for hydroxylation is 3. The van der Waals surface area contributed by atoms with Gasteiger partial charge in [0.15, 0.2) is 5.16 Å². The van der Waals surface area contributed by atoms with Gasteiger partial charge in [-0.3, -0.25) is 4.57 Å². The SMILES string of the molecule is CCc1nnc(CSc2ncc(-c3ccccc3)n2-c2c(C)cccc2C)o1. The van der Waals surface area contributed by atoms with Crippen LogP contribution in [0.4, 0.5) is 0 Å². The van der Waals surface area contributed by atoms with Gasteiger partial charge in [-0.15, -0.1) is 10.2 Å². The second kappa shape index (κ2) is 8.02. The maximum Gasteiger partial charge on any atom is 0.226 e. The minimum Gasteiger partial charge on any atom is -0.424 e. The minimum absolute atomic E-state index is 0.586. The Kier molecular flexibility index (Phi) is 5.30. The third-order valence-corrected chi connectivity index (χ3v) is 5.54. The van der Waals surface area contributed by atoms with Crippen molar-refractivity contribution < 1.29 is 4.42 Å². The maximum absolute atomic E-state index is 5.66. The molecule has 0 saturated heterocycles. The normalized spacial score (nSPS) is 11.1. The number of para-hydroxylation sites is 1. The molecular weight excluding hydrogens is 368 g/mol. The second-order valence-electron chi connectivity index (χ2n) is 6.60. The molecule has 0 amide bonds. The zero-order valence-corrected chi connectivity index (χ0v) is 17.0. The van der Waals surface area contributed by atoms with Crippen LogP contribution in [0.1, 0.15) is 29.8 Å². The molecule has 5 nitrogen and oxygen atoms in total. The van der Waals surface area contributed by atoms with E-state index in [1.807, 2.05) is 19.2 Å². The fraction of sp³-hybridized carbons (Fsp3) is 0.227. The monoisotopic (exact) mass is 390 g/mol. The van der Waals surface area contributed by atoms with Gasteiger partial charge in [0.2, 0.25) is 11.8 Å². The average Bonchev–Trinajstić information content (AvgIpc) is 3.34. The van der Waals surface area contributed by atoms with Crippen molar-refractivity contribution in [2.24, 2.45) is 0 Å². The molecule has 0 spiro atoms. The molecule has 0 atom stereocenters. The molecule has 0 aliphatic heterocycles. The van der Waals surface area contributed by atoms with Crippen LogP contribution in [-0.4, -0.2) is 19.7 Å². The highest BCUT2D eigenvalue weighted by Crippen LogP contribution is 2.33. The molecule has 0 saturated carbocycles. The van der Waals surface area contributed by atoms with Crippen LogP contribution in [0.5, 0.6) is 0 Å². The van der Waals surface area contributed by atoms with Gasteiger partial charge in [0.05, 0.1) is 23.3 Å². The highest BCUT2D eigenvalue weighted by molar-refractivity contribution is 7.98. The summed E-state index contributed by atoms with van der Waals surface area (Å²) in [5.41, 5.74) is 5.79. The first-order chi connectivity index (χ1) is 13.7. The molecular formula is C22H22N4OS. The molecule has 2 aromatic heterocycles. The number of benzene rings is 2. The number of rotatable bonds is 6. The van der Waals surface area contributed by atoms with E-state index in [1.165, 1.54) is 16.8 Å². The summed E-state index contributed by atoms with van der Waals surface area (Å²) < 4.78 is 7.90. The molecule has 0 radical (unpaired) electrons. The summed E-state index contributed by atoms with van der Waals surface area (Å²) in [5, 5.41) is 9.09. The summed E-state index contributed by atoms with van der Waals surface area (Å²) in [6, 6.07) is 16.7. The molecule has 0 bridgehead atoms. The Morgan fingerprint density at radius 2 is 1.64 bits per heavy atom. The number of hydrogen-bond donors (Lipinski definition) is 0. The largest absolute Gasteiger partial charge is 0.424 e. The van der Waals surface area contributed by atoms with E-state index in [4.69, 9.17) is 9.40 Å². The van der Waals surface area contributed by atoms with E-state index >= 15 is 0 Å². The molecule has 0 N–H and O–H groups in total. The van der Waals surface area contributed by atoms with Crippen LogP contribution in [0.3, 0.4) is 0 Å².